The number of hydroxylamine groups is 1. The van der Waals surface area contributed by atoms with Gasteiger partial charge in [0, 0.05) is 6.42 Å². The molecule has 1 aromatic carbocycles. The van der Waals surface area contributed by atoms with Crippen molar-refractivity contribution in [3.8, 4) is 5.75 Å². The molecule has 0 atom stereocenters. The monoisotopic (exact) mass is 329 g/mol. The van der Waals surface area contributed by atoms with Crippen LogP contribution in [-0.2, 0) is 16.1 Å². The summed E-state index contributed by atoms with van der Waals surface area (Å²) in [6.45, 7) is 5.65. The molecule has 0 aliphatic carbocycles. The highest BCUT2D eigenvalue weighted by atomic mass is 79.9. The third kappa shape index (κ3) is 6.07. The second kappa shape index (κ2) is 6.91. The average Bonchev–Trinajstić information content (AvgIpc) is 2.33. The quantitative estimate of drug-likeness (QED) is 0.843. The number of aryl methyl sites for hydroxylation is 1. The summed E-state index contributed by atoms with van der Waals surface area (Å²) in [5.41, 5.74) is 3.15. The third-order valence-electron chi connectivity index (χ3n) is 2.33. The molecule has 1 rings (SSSR count). The summed E-state index contributed by atoms with van der Waals surface area (Å²) in [4.78, 5) is 16.8. The van der Waals surface area contributed by atoms with Gasteiger partial charge in [0.05, 0.1) is 17.2 Å². The molecule has 4 nitrogen and oxygen atoms in total. The fourth-order valence-electron chi connectivity index (χ4n) is 1.38. The van der Waals surface area contributed by atoms with Gasteiger partial charge in [0.15, 0.2) is 0 Å². The van der Waals surface area contributed by atoms with Gasteiger partial charge in [0.25, 0.3) is 0 Å². The maximum Gasteiger partial charge on any atom is 0.243 e. The Labute approximate surface area is 122 Å². The minimum absolute atomic E-state index is 0.123. The number of carbonyl (C=O) groups is 1. The van der Waals surface area contributed by atoms with Gasteiger partial charge < -0.3 is 4.74 Å². The zero-order chi connectivity index (χ0) is 14.5. The molecule has 19 heavy (non-hydrogen) atoms. The second-order valence-electron chi connectivity index (χ2n) is 5.21. The maximum atomic E-state index is 11.6. The van der Waals surface area contributed by atoms with Gasteiger partial charge in [0.2, 0.25) is 5.91 Å². The van der Waals surface area contributed by atoms with E-state index in [1.54, 1.807) is 7.11 Å². The molecule has 0 unspecified atom stereocenters. The van der Waals surface area contributed by atoms with Crippen LogP contribution in [0.5, 0.6) is 5.75 Å². The molecule has 5 heteroatoms. The van der Waals surface area contributed by atoms with E-state index in [0.29, 0.717) is 12.8 Å². The van der Waals surface area contributed by atoms with E-state index in [9.17, 15) is 4.79 Å². The lowest BCUT2D eigenvalue weighted by Crippen LogP contribution is -2.33. The molecule has 0 aromatic heterocycles. The van der Waals surface area contributed by atoms with Crippen molar-refractivity contribution in [2.75, 3.05) is 7.11 Å². The first-order valence-corrected chi connectivity index (χ1v) is 6.90. The molecule has 0 fully saturated rings. The molecule has 0 saturated heterocycles. The van der Waals surface area contributed by atoms with Crippen molar-refractivity contribution < 1.29 is 14.4 Å². The number of nitrogens with one attached hydrogen (secondary N) is 1. The average molecular weight is 330 g/mol. The first-order valence-electron chi connectivity index (χ1n) is 6.11. The molecule has 0 aliphatic rings. The summed E-state index contributed by atoms with van der Waals surface area (Å²) in [6.07, 6.45) is 1.04. The Morgan fingerprint density at radius 1 is 1.37 bits per heavy atom. The number of rotatable bonds is 5. The Hall–Kier alpha value is -1.07. The zero-order valence-electron chi connectivity index (χ0n) is 11.7. The van der Waals surface area contributed by atoms with Crippen molar-refractivity contribution in [3.63, 3.8) is 0 Å². The Kier molecular flexibility index (Phi) is 5.82. The zero-order valence-corrected chi connectivity index (χ0v) is 13.3. The number of benzene rings is 1. The Bertz CT molecular complexity index is 441. The van der Waals surface area contributed by atoms with Crippen LogP contribution in [0.15, 0.2) is 22.7 Å². The van der Waals surface area contributed by atoms with Crippen molar-refractivity contribution in [3.05, 3.63) is 28.2 Å². The lowest BCUT2D eigenvalue weighted by Gasteiger charge is -2.18. The van der Waals surface area contributed by atoms with E-state index in [2.05, 4.69) is 21.4 Å². The van der Waals surface area contributed by atoms with Gasteiger partial charge in [-0.15, -0.1) is 0 Å². The van der Waals surface area contributed by atoms with Crippen molar-refractivity contribution >= 4 is 21.8 Å². The van der Waals surface area contributed by atoms with E-state index >= 15 is 0 Å². The van der Waals surface area contributed by atoms with Crippen LogP contribution >= 0.6 is 15.9 Å². The normalized spacial score (nSPS) is 11.2. The third-order valence-corrected chi connectivity index (χ3v) is 2.95. The fourth-order valence-corrected chi connectivity index (χ4v) is 1.97. The van der Waals surface area contributed by atoms with Crippen molar-refractivity contribution in [2.45, 2.75) is 39.2 Å². The molecule has 0 aliphatic heterocycles. The summed E-state index contributed by atoms with van der Waals surface area (Å²) < 4.78 is 6.04. The largest absolute Gasteiger partial charge is 0.496 e. The van der Waals surface area contributed by atoms with Crippen molar-refractivity contribution in [1.29, 1.82) is 0 Å². The number of hydrogen-bond acceptors (Lipinski definition) is 3. The fraction of sp³-hybridized carbons (Fsp3) is 0.500. The highest BCUT2D eigenvalue weighted by Gasteiger charge is 2.12. The summed E-state index contributed by atoms with van der Waals surface area (Å²) in [5, 5.41) is 0. The maximum absolute atomic E-state index is 11.6. The van der Waals surface area contributed by atoms with Gasteiger partial charge in [-0.25, -0.2) is 5.48 Å². The predicted molar refractivity (Wildman–Crippen MR) is 78.0 cm³/mol. The summed E-state index contributed by atoms with van der Waals surface area (Å²) in [6, 6.07) is 5.78. The number of hydrogen-bond donors (Lipinski definition) is 1. The molecule has 0 bridgehead atoms. The Morgan fingerprint density at radius 3 is 2.58 bits per heavy atom. The lowest BCUT2D eigenvalue weighted by molar-refractivity contribution is -0.145. The van der Waals surface area contributed by atoms with Crippen molar-refractivity contribution in [1.82, 2.24) is 5.48 Å². The predicted octanol–water partition coefficient (Wildman–Crippen LogP) is 3.24. The number of ether oxygens (including phenoxy) is 1. The van der Waals surface area contributed by atoms with Crippen molar-refractivity contribution in [2.24, 2.45) is 0 Å². The highest BCUT2D eigenvalue weighted by molar-refractivity contribution is 9.10. The highest BCUT2D eigenvalue weighted by Crippen LogP contribution is 2.25. The molecular weight excluding hydrogens is 310 g/mol. The van der Waals surface area contributed by atoms with Gasteiger partial charge in [-0.1, -0.05) is 6.07 Å². The SMILES string of the molecule is COc1ccc(CCC(=O)NOC(C)(C)C)cc1Br. The second-order valence-corrected chi connectivity index (χ2v) is 6.06. The summed E-state index contributed by atoms with van der Waals surface area (Å²) >= 11 is 3.42. The van der Waals surface area contributed by atoms with Crippen LogP contribution in [0.2, 0.25) is 0 Å². The van der Waals surface area contributed by atoms with Crippen LogP contribution in [0.3, 0.4) is 0 Å². The van der Waals surface area contributed by atoms with E-state index in [1.807, 2.05) is 39.0 Å². The van der Waals surface area contributed by atoms with E-state index < -0.39 is 0 Å². The number of amides is 1. The molecule has 0 radical (unpaired) electrons. The van der Waals surface area contributed by atoms with Gasteiger partial charge in [-0.3, -0.25) is 9.63 Å². The minimum Gasteiger partial charge on any atom is -0.496 e. The van der Waals surface area contributed by atoms with Crippen LogP contribution in [0.4, 0.5) is 0 Å². The van der Waals surface area contributed by atoms with E-state index in [0.717, 1.165) is 15.8 Å². The molecule has 1 aromatic rings. The first-order chi connectivity index (χ1) is 8.81. The van der Waals surface area contributed by atoms with Crippen LogP contribution < -0.4 is 10.2 Å². The smallest absolute Gasteiger partial charge is 0.243 e. The molecule has 106 valence electrons. The van der Waals surface area contributed by atoms with Gasteiger partial charge in [-0.2, -0.15) is 0 Å². The van der Waals surface area contributed by atoms with Gasteiger partial charge in [0.1, 0.15) is 5.75 Å². The van der Waals surface area contributed by atoms with E-state index in [1.165, 1.54) is 0 Å². The van der Waals surface area contributed by atoms with Gasteiger partial charge in [-0.05, 0) is 60.8 Å². The first kappa shape index (κ1) is 16.0. The minimum atomic E-state index is -0.376. The lowest BCUT2D eigenvalue weighted by atomic mass is 10.1. The summed E-state index contributed by atoms with van der Waals surface area (Å²) in [5.74, 6) is 0.658. The number of methoxy groups -OCH3 is 1. The molecule has 0 heterocycles. The van der Waals surface area contributed by atoms with Crippen LogP contribution in [-0.4, -0.2) is 18.6 Å². The van der Waals surface area contributed by atoms with Crippen LogP contribution in [0, 0.1) is 0 Å². The molecule has 0 spiro atoms. The topological polar surface area (TPSA) is 47.6 Å². The molecule has 1 N–H and O–H groups in total. The molecule has 1 amide bonds. The Morgan fingerprint density at radius 2 is 2.05 bits per heavy atom. The number of halogens is 1. The van der Waals surface area contributed by atoms with Gasteiger partial charge >= 0.3 is 0 Å². The molecule has 0 saturated carbocycles. The van der Waals surface area contributed by atoms with E-state index in [-0.39, 0.29) is 11.5 Å². The summed E-state index contributed by atoms with van der Waals surface area (Å²) in [7, 11) is 1.62. The van der Waals surface area contributed by atoms with E-state index in [4.69, 9.17) is 9.57 Å². The Balaban J connectivity index is 2.44. The van der Waals surface area contributed by atoms with Crippen LogP contribution in [0.25, 0.3) is 0 Å². The molecular formula is C14H20BrNO3. The number of carbonyl (C=O) groups excluding carboxylic acids is 1. The van der Waals surface area contributed by atoms with Crippen LogP contribution in [0.1, 0.15) is 32.8 Å². The standard InChI is InChI=1S/C14H20BrNO3/c1-14(2,3)19-16-13(17)8-6-10-5-7-12(18-4)11(15)9-10/h5,7,9H,6,8H2,1-4H3,(H,16,17).